The fourth-order valence-electron chi connectivity index (χ4n) is 4.09. The van der Waals surface area contributed by atoms with Crippen LogP contribution < -0.4 is 5.32 Å². The molecular formula is C25H32FN3O2. The molecule has 2 aromatic carbocycles. The van der Waals surface area contributed by atoms with Crippen molar-refractivity contribution in [3.05, 3.63) is 71.0 Å². The van der Waals surface area contributed by atoms with Crippen molar-refractivity contribution < 1.29 is 14.0 Å². The van der Waals surface area contributed by atoms with E-state index in [2.05, 4.69) is 5.32 Å². The topological polar surface area (TPSA) is 52.7 Å². The highest BCUT2D eigenvalue weighted by atomic mass is 19.1. The van der Waals surface area contributed by atoms with E-state index in [1.54, 1.807) is 17.9 Å². The van der Waals surface area contributed by atoms with Gasteiger partial charge in [-0.05, 0) is 50.2 Å². The molecule has 166 valence electrons. The Balaban J connectivity index is 1.76. The maximum Gasteiger partial charge on any atom is 0.227 e. The van der Waals surface area contributed by atoms with Crippen molar-refractivity contribution in [1.82, 2.24) is 15.1 Å². The summed E-state index contributed by atoms with van der Waals surface area (Å²) in [6.07, 6.45) is 0.957. The molecule has 2 unspecified atom stereocenters. The molecule has 1 saturated heterocycles. The highest BCUT2D eigenvalue weighted by Crippen LogP contribution is 2.32. The summed E-state index contributed by atoms with van der Waals surface area (Å²) in [7, 11) is 3.92. The van der Waals surface area contributed by atoms with Crippen LogP contribution in [0.3, 0.4) is 0 Å². The molecule has 1 heterocycles. The molecule has 2 aromatic rings. The molecule has 0 bridgehead atoms. The minimum Gasteiger partial charge on any atom is -0.355 e. The molecule has 1 aliphatic heterocycles. The zero-order valence-electron chi connectivity index (χ0n) is 18.6. The van der Waals surface area contributed by atoms with Crippen LogP contribution in [0.4, 0.5) is 4.39 Å². The molecule has 1 aliphatic rings. The summed E-state index contributed by atoms with van der Waals surface area (Å²) in [6, 6.07) is 14.7. The number of aryl methyl sites for hydroxylation is 1. The van der Waals surface area contributed by atoms with Gasteiger partial charge in [-0.15, -0.1) is 0 Å². The number of piperidine rings is 1. The number of hydrogen-bond donors (Lipinski definition) is 1. The van der Waals surface area contributed by atoms with Crippen LogP contribution in [0.25, 0.3) is 0 Å². The molecule has 1 fully saturated rings. The number of carbonyl (C=O) groups excluding carboxylic acids is 2. The van der Waals surface area contributed by atoms with Gasteiger partial charge >= 0.3 is 0 Å². The third kappa shape index (κ3) is 6.37. The standard InChI is InChI=1S/C25H32FN3O2/c1-18-13-20(9-10-23(18)26)21-15-22(25(31)27-11-12-28(2)3)17-29(16-21)24(30)14-19-7-5-4-6-8-19/h4-10,13,21-22H,11-12,14-17H2,1-3H3,(H,27,31). The molecule has 0 aliphatic carbocycles. The van der Waals surface area contributed by atoms with E-state index in [-0.39, 0.29) is 29.5 Å². The van der Waals surface area contributed by atoms with Crippen LogP contribution in [0.15, 0.2) is 48.5 Å². The van der Waals surface area contributed by atoms with Crippen LogP contribution in [0.2, 0.25) is 0 Å². The lowest BCUT2D eigenvalue weighted by Gasteiger charge is -2.37. The van der Waals surface area contributed by atoms with E-state index < -0.39 is 0 Å². The minimum atomic E-state index is -0.286. The average Bonchev–Trinajstić information content (AvgIpc) is 2.75. The second kappa shape index (κ2) is 10.5. The van der Waals surface area contributed by atoms with E-state index in [1.807, 2.05) is 55.4 Å². The van der Waals surface area contributed by atoms with Gasteiger partial charge in [0.25, 0.3) is 0 Å². The second-order valence-corrected chi connectivity index (χ2v) is 8.69. The summed E-state index contributed by atoms with van der Waals surface area (Å²) >= 11 is 0. The molecule has 0 aromatic heterocycles. The van der Waals surface area contributed by atoms with Crippen LogP contribution in [-0.2, 0) is 16.0 Å². The number of hydrogen-bond acceptors (Lipinski definition) is 3. The van der Waals surface area contributed by atoms with E-state index in [9.17, 15) is 14.0 Å². The van der Waals surface area contributed by atoms with Crippen molar-refractivity contribution in [2.45, 2.75) is 25.7 Å². The van der Waals surface area contributed by atoms with Gasteiger partial charge in [-0.25, -0.2) is 4.39 Å². The molecule has 6 heteroatoms. The lowest BCUT2D eigenvalue weighted by Crippen LogP contribution is -2.49. The summed E-state index contributed by atoms with van der Waals surface area (Å²) < 4.78 is 13.8. The molecule has 0 spiro atoms. The van der Waals surface area contributed by atoms with Crippen molar-refractivity contribution in [1.29, 1.82) is 0 Å². The lowest BCUT2D eigenvalue weighted by molar-refractivity contribution is -0.135. The molecule has 3 rings (SSSR count). The monoisotopic (exact) mass is 425 g/mol. The van der Waals surface area contributed by atoms with Gasteiger partial charge in [0, 0.05) is 32.1 Å². The second-order valence-electron chi connectivity index (χ2n) is 8.69. The Morgan fingerprint density at radius 1 is 1.13 bits per heavy atom. The fraction of sp³-hybridized carbons (Fsp3) is 0.440. The van der Waals surface area contributed by atoms with Crippen LogP contribution in [0.5, 0.6) is 0 Å². The van der Waals surface area contributed by atoms with Crippen molar-refractivity contribution in [3.8, 4) is 0 Å². The summed E-state index contributed by atoms with van der Waals surface area (Å²) in [5.74, 6) is -0.540. The Hall–Kier alpha value is -2.73. The Morgan fingerprint density at radius 2 is 1.87 bits per heavy atom. The highest BCUT2D eigenvalue weighted by Gasteiger charge is 2.34. The number of likely N-dealkylation sites (tertiary alicyclic amines) is 1. The smallest absolute Gasteiger partial charge is 0.227 e. The van der Waals surface area contributed by atoms with Crippen LogP contribution in [-0.4, -0.2) is 61.9 Å². The maximum absolute atomic E-state index is 13.8. The van der Waals surface area contributed by atoms with Gasteiger partial charge in [0.2, 0.25) is 11.8 Å². The summed E-state index contributed by atoms with van der Waals surface area (Å²) in [5.41, 5.74) is 2.51. The molecule has 0 saturated carbocycles. The lowest BCUT2D eigenvalue weighted by atomic mass is 9.83. The van der Waals surface area contributed by atoms with Crippen molar-refractivity contribution >= 4 is 11.8 Å². The number of nitrogens with zero attached hydrogens (tertiary/aromatic N) is 2. The van der Waals surface area contributed by atoms with Crippen LogP contribution in [0, 0.1) is 18.7 Å². The molecule has 2 amide bonds. The number of amides is 2. The van der Waals surface area contributed by atoms with Gasteiger partial charge in [0.15, 0.2) is 0 Å². The number of nitrogens with one attached hydrogen (secondary N) is 1. The zero-order valence-corrected chi connectivity index (χ0v) is 18.6. The van der Waals surface area contributed by atoms with Crippen LogP contribution >= 0.6 is 0 Å². The SMILES string of the molecule is Cc1cc(C2CC(C(=O)NCCN(C)C)CN(C(=O)Cc3ccccc3)C2)ccc1F. The molecule has 1 N–H and O–H groups in total. The van der Waals surface area contributed by atoms with E-state index in [0.29, 0.717) is 38.0 Å². The van der Waals surface area contributed by atoms with Crippen molar-refractivity contribution in [3.63, 3.8) is 0 Å². The first kappa shape index (κ1) is 22.9. The van der Waals surface area contributed by atoms with E-state index in [0.717, 1.165) is 17.7 Å². The first-order valence-electron chi connectivity index (χ1n) is 10.8. The van der Waals surface area contributed by atoms with Crippen molar-refractivity contribution in [2.75, 3.05) is 40.3 Å². The first-order chi connectivity index (χ1) is 14.8. The van der Waals surface area contributed by atoms with E-state index >= 15 is 0 Å². The Morgan fingerprint density at radius 3 is 2.55 bits per heavy atom. The third-order valence-corrected chi connectivity index (χ3v) is 5.88. The number of rotatable bonds is 7. The Labute approximate surface area is 184 Å². The summed E-state index contributed by atoms with van der Waals surface area (Å²) in [4.78, 5) is 29.8. The predicted octanol–water partition coefficient (Wildman–Crippen LogP) is 2.99. The first-order valence-corrected chi connectivity index (χ1v) is 10.8. The number of halogens is 1. The molecular weight excluding hydrogens is 393 g/mol. The Kier molecular flexibility index (Phi) is 7.80. The summed E-state index contributed by atoms with van der Waals surface area (Å²) in [6.45, 7) is 4.02. The third-order valence-electron chi connectivity index (χ3n) is 5.88. The summed E-state index contributed by atoms with van der Waals surface area (Å²) in [5, 5.41) is 3.01. The molecule has 2 atom stereocenters. The zero-order chi connectivity index (χ0) is 22.4. The maximum atomic E-state index is 13.8. The average molecular weight is 426 g/mol. The number of likely N-dealkylation sites (N-methyl/N-ethyl adjacent to an activating group) is 1. The van der Waals surface area contributed by atoms with Gasteiger partial charge in [0.05, 0.1) is 12.3 Å². The van der Waals surface area contributed by atoms with Gasteiger partial charge in [-0.3, -0.25) is 9.59 Å². The Bertz CT molecular complexity index is 901. The minimum absolute atomic E-state index is 0.00243. The van der Waals surface area contributed by atoms with Crippen LogP contribution in [0.1, 0.15) is 29.0 Å². The van der Waals surface area contributed by atoms with E-state index in [4.69, 9.17) is 0 Å². The van der Waals surface area contributed by atoms with Gasteiger partial charge in [-0.1, -0.05) is 42.5 Å². The molecule has 5 nitrogen and oxygen atoms in total. The fourth-order valence-corrected chi connectivity index (χ4v) is 4.09. The predicted molar refractivity (Wildman–Crippen MR) is 120 cm³/mol. The quantitative estimate of drug-likeness (QED) is 0.742. The van der Waals surface area contributed by atoms with Gasteiger partial charge in [0.1, 0.15) is 5.82 Å². The normalized spacial score (nSPS) is 18.8. The number of benzene rings is 2. The van der Waals surface area contributed by atoms with Gasteiger partial charge in [-0.2, -0.15) is 0 Å². The largest absolute Gasteiger partial charge is 0.355 e. The van der Waals surface area contributed by atoms with E-state index in [1.165, 1.54) is 6.07 Å². The molecule has 31 heavy (non-hydrogen) atoms. The van der Waals surface area contributed by atoms with Crippen molar-refractivity contribution in [2.24, 2.45) is 5.92 Å². The molecule has 0 radical (unpaired) electrons. The van der Waals surface area contributed by atoms with Gasteiger partial charge < -0.3 is 15.1 Å². The number of carbonyl (C=O) groups is 2. The highest BCUT2D eigenvalue weighted by molar-refractivity contribution is 5.82.